The third-order valence-corrected chi connectivity index (χ3v) is 2.14. The average Bonchev–Trinajstić information content (AvgIpc) is 2.16. The normalized spacial score (nSPS) is 9.77. The van der Waals surface area contributed by atoms with Crippen LogP contribution in [0.15, 0.2) is 22.7 Å². The summed E-state index contributed by atoms with van der Waals surface area (Å²) in [5.74, 6) is 0.425. The second-order valence-electron chi connectivity index (χ2n) is 2.47. The molecule has 2 N–H and O–H groups in total. The first kappa shape index (κ1) is 10.2. The lowest BCUT2D eigenvalue weighted by molar-refractivity contribution is 0.0998. The molecule has 0 amide bonds. The Labute approximate surface area is 85.0 Å². The van der Waals surface area contributed by atoms with E-state index in [1.54, 1.807) is 18.2 Å². The number of methoxy groups -OCH3 is 1. The van der Waals surface area contributed by atoms with Gasteiger partial charge in [0.2, 0.25) is 0 Å². The zero-order valence-corrected chi connectivity index (χ0v) is 8.80. The van der Waals surface area contributed by atoms with E-state index in [1.165, 1.54) is 7.11 Å². The molecule has 0 atom stereocenters. The lowest BCUT2D eigenvalue weighted by atomic mass is 10.1. The Morgan fingerprint density at radius 2 is 2.31 bits per heavy atom. The van der Waals surface area contributed by atoms with E-state index in [9.17, 15) is 4.79 Å². The maximum atomic E-state index is 11.3. The number of Topliss-reactive ketones (excluding diaryl/α,β-unsaturated/α-hetero) is 1. The van der Waals surface area contributed by atoms with Crippen LogP contribution in [0, 0.1) is 0 Å². The molecule has 4 heteroatoms. The Kier molecular flexibility index (Phi) is 3.45. The lowest BCUT2D eigenvalue weighted by Gasteiger charge is -2.06. The van der Waals surface area contributed by atoms with Gasteiger partial charge in [-0.25, -0.2) is 0 Å². The quantitative estimate of drug-likeness (QED) is 0.821. The van der Waals surface area contributed by atoms with Gasteiger partial charge in [-0.1, -0.05) is 15.9 Å². The minimum atomic E-state index is -0.121. The number of rotatable bonds is 3. The molecule has 13 heavy (non-hydrogen) atoms. The number of carbonyl (C=O) groups is 1. The molecule has 0 aromatic heterocycles. The van der Waals surface area contributed by atoms with Gasteiger partial charge < -0.3 is 10.5 Å². The maximum Gasteiger partial charge on any atom is 0.180 e. The topological polar surface area (TPSA) is 52.3 Å². The van der Waals surface area contributed by atoms with E-state index in [-0.39, 0.29) is 12.3 Å². The van der Waals surface area contributed by atoms with Gasteiger partial charge in [0.25, 0.3) is 0 Å². The first-order chi connectivity index (χ1) is 6.19. The highest BCUT2D eigenvalue weighted by atomic mass is 79.9. The van der Waals surface area contributed by atoms with Crippen LogP contribution >= 0.6 is 15.9 Å². The molecule has 0 aliphatic rings. The Bertz CT molecular complexity index is 325. The van der Waals surface area contributed by atoms with E-state index in [2.05, 4.69) is 15.9 Å². The van der Waals surface area contributed by atoms with E-state index in [0.717, 1.165) is 4.47 Å². The Balaban J connectivity index is 3.13. The largest absolute Gasteiger partial charge is 0.496 e. The molecule has 70 valence electrons. The van der Waals surface area contributed by atoms with Gasteiger partial charge in [-0.15, -0.1) is 0 Å². The number of halogens is 1. The molecule has 0 heterocycles. The van der Waals surface area contributed by atoms with E-state index in [4.69, 9.17) is 10.5 Å². The van der Waals surface area contributed by atoms with Crippen LogP contribution in [0.1, 0.15) is 10.4 Å². The molecule has 1 aromatic rings. The molecule has 0 saturated heterocycles. The molecule has 0 fully saturated rings. The highest BCUT2D eigenvalue weighted by molar-refractivity contribution is 9.10. The van der Waals surface area contributed by atoms with Crippen molar-refractivity contribution in [1.82, 2.24) is 0 Å². The number of nitrogens with two attached hydrogens (primary N) is 1. The highest BCUT2D eigenvalue weighted by Crippen LogP contribution is 2.23. The van der Waals surface area contributed by atoms with Crippen LogP contribution in [0.25, 0.3) is 0 Å². The maximum absolute atomic E-state index is 11.3. The SMILES string of the molecule is COc1cc(Br)ccc1C(=O)CN. The fourth-order valence-corrected chi connectivity index (χ4v) is 1.35. The number of hydrogen-bond donors (Lipinski definition) is 1. The zero-order valence-electron chi connectivity index (χ0n) is 7.21. The van der Waals surface area contributed by atoms with E-state index >= 15 is 0 Å². The van der Waals surface area contributed by atoms with Crippen LogP contribution < -0.4 is 10.5 Å². The van der Waals surface area contributed by atoms with E-state index < -0.39 is 0 Å². The molecule has 1 aromatic carbocycles. The average molecular weight is 244 g/mol. The summed E-state index contributed by atoms with van der Waals surface area (Å²) >= 11 is 3.29. The van der Waals surface area contributed by atoms with Crippen molar-refractivity contribution in [3.05, 3.63) is 28.2 Å². The number of ketones is 1. The summed E-state index contributed by atoms with van der Waals surface area (Å²) in [6, 6.07) is 5.21. The molecule has 0 spiro atoms. The Morgan fingerprint density at radius 3 is 2.85 bits per heavy atom. The van der Waals surface area contributed by atoms with Crippen molar-refractivity contribution in [2.45, 2.75) is 0 Å². The van der Waals surface area contributed by atoms with Crippen molar-refractivity contribution >= 4 is 21.7 Å². The summed E-state index contributed by atoms with van der Waals surface area (Å²) in [5, 5.41) is 0. The summed E-state index contributed by atoms with van der Waals surface area (Å²) in [4.78, 5) is 11.3. The van der Waals surface area contributed by atoms with Crippen LogP contribution in [0.2, 0.25) is 0 Å². The molecule has 1 rings (SSSR count). The van der Waals surface area contributed by atoms with Crippen molar-refractivity contribution in [1.29, 1.82) is 0 Å². The summed E-state index contributed by atoms with van der Waals surface area (Å²) < 4.78 is 5.92. The van der Waals surface area contributed by atoms with Gasteiger partial charge in [0.1, 0.15) is 5.75 Å². The number of carbonyl (C=O) groups excluding carboxylic acids is 1. The minimum Gasteiger partial charge on any atom is -0.496 e. The van der Waals surface area contributed by atoms with Gasteiger partial charge in [-0.05, 0) is 18.2 Å². The summed E-state index contributed by atoms with van der Waals surface area (Å²) in [6.07, 6.45) is 0. The smallest absolute Gasteiger partial charge is 0.180 e. The molecule has 0 aliphatic carbocycles. The first-order valence-corrected chi connectivity index (χ1v) is 4.55. The zero-order chi connectivity index (χ0) is 9.84. The molecular weight excluding hydrogens is 234 g/mol. The van der Waals surface area contributed by atoms with Crippen LogP contribution in [0.5, 0.6) is 5.75 Å². The van der Waals surface area contributed by atoms with Crippen molar-refractivity contribution in [3.8, 4) is 5.75 Å². The Hall–Kier alpha value is -0.870. The minimum absolute atomic E-state index is 0.00199. The fraction of sp³-hybridized carbons (Fsp3) is 0.222. The van der Waals surface area contributed by atoms with Gasteiger partial charge in [0, 0.05) is 4.47 Å². The molecule has 0 saturated carbocycles. The number of ether oxygens (including phenoxy) is 1. The van der Waals surface area contributed by atoms with Crippen molar-refractivity contribution in [2.24, 2.45) is 5.73 Å². The number of hydrogen-bond acceptors (Lipinski definition) is 3. The summed E-state index contributed by atoms with van der Waals surface area (Å²) in [7, 11) is 1.52. The van der Waals surface area contributed by atoms with E-state index in [1.807, 2.05) is 0 Å². The van der Waals surface area contributed by atoms with E-state index in [0.29, 0.717) is 11.3 Å². The van der Waals surface area contributed by atoms with Crippen molar-refractivity contribution in [2.75, 3.05) is 13.7 Å². The predicted molar refractivity (Wildman–Crippen MR) is 54.1 cm³/mol. The predicted octanol–water partition coefficient (Wildman–Crippen LogP) is 1.60. The third-order valence-electron chi connectivity index (χ3n) is 1.65. The Morgan fingerprint density at radius 1 is 1.62 bits per heavy atom. The van der Waals surface area contributed by atoms with Crippen LogP contribution in [-0.2, 0) is 0 Å². The number of benzene rings is 1. The van der Waals surface area contributed by atoms with Crippen LogP contribution in [0.4, 0.5) is 0 Å². The lowest BCUT2D eigenvalue weighted by Crippen LogP contribution is -2.14. The fourth-order valence-electron chi connectivity index (χ4n) is 1.01. The van der Waals surface area contributed by atoms with Gasteiger partial charge in [-0.2, -0.15) is 0 Å². The monoisotopic (exact) mass is 243 g/mol. The summed E-state index contributed by atoms with van der Waals surface area (Å²) in [5.41, 5.74) is 5.77. The molecule has 0 unspecified atom stereocenters. The molecular formula is C9H10BrNO2. The highest BCUT2D eigenvalue weighted by Gasteiger charge is 2.09. The van der Waals surface area contributed by atoms with Gasteiger partial charge in [0.15, 0.2) is 5.78 Å². The summed E-state index contributed by atoms with van der Waals surface area (Å²) in [6.45, 7) is -0.00199. The molecule has 0 aliphatic heterocycles. The van der Waals surface area contributed by atoms with Gasteiger partial charge >= 0.3 is 0 Å². The third kappa shape index (κ3) is 2.29. The van der Waals surface area contributed by atoms with Crippen LogP contribution in [0.3, 0.4) is 0 Å². The van der Waals surface area contributed by atoms with Gasteiger partial charge in [0.05, 0.1) is 19.2 Å². The molecule has 0 bridgehead atoms. The second-order valence-corrected chi connectivity index (χ2v) is 3.39. The van der Waals surface area contributed by atoms with Crippen molar-refractivity contribution < 1.29 is 9.53 Å². The van der Waals surface area contributed by atoms with Crippen molar-refractivity contribution in [3.63, 3.8) is 0 Å². The molecule has 3 nitrogen and oxygen atoms in total. The standard InChI is InChI=1S/C9H10BrNO2/c1-13-9-4-6(10)2-3-7(9)8(12)5-11/h2-4H,5,11H2,1H3. The molecule has 0 radical (unpaired) electrons. The van der Waals surface area contributed by atoms with Gasteiger partial charge in [-0.3, -0.25) is 4.79 Å². The van der Waals surface area contributed by atoms with Crippen LogP contribution in [-0.4, -0.2) is 19.4 Å². The second kappa shape index (κ2) is 4.39. The first-order valence-electron chi connectivity index (χ1n) is 3.76.